The SMILES string of the molecule is O=C(Nc1ccccc1)C(=S)Nc1ccc(Cl)cc1. The number of thiocarbonyl (C=S) groups is 1. The van der Waals surface area contributed by atoms with Gasteiger partial charge in [-0.15, -0.1) is 0 Å². The van der Waals surface area contributed by atoms with Crippen molar-refractivity contribution in [3.05, 3.63) is 59.6 Å². The Labute approximate surface area is 121 Å². The number of para-hydroxylation sites is 1. The molecule has 0 radical (unpaired) electrons. The smallest absolute Gasteiger partial charge is 0.283 e. The van der Waals surface area contributed by atoms with Gasteiger partial charge in [-0.25, -0.2) is 0 Å². The number of benzene rings is 2. The van der Waals surface area contributed by atoms with Crippen LogP contribution in [0.15, 0.2) is 54.6 Å². The van der Waals surface area contributed by atoms with E-state index in [1.807, 2.05) is 18.2 Å². The average molecular weight is 291 g/mol. The Morgan fingerprint density at radius 1 is 0.895 bits per heavy atom. The fourth-order valence-electron chi connectivity index (χ4n) is 1.43. The van der Waals surface area contributed by atoms with Gasteiger partial charge in [0.2, 0.25) is 0 Å². The minimum atomic E-state index is -0.351. The summed E-state index contributed by atoms with van der Waals surface area (Å²) in [4.78, 5) is 11.9. The van der Waals surface area contributed by atoms with Gasteiger partial charge in [-0.05, 0) is 36.4 Å². The molecule has 1 amide bonds. The second-order valence-corrected chi connectivity index (χ2v) is 4.63. The van der Waals surface area contributed by atoms with Crippen molar-refractivity contribution in [2.24, 2.45) is 0 Å². The van der Waals surface area contributed by atoms with Gasteiger partial charge < -0.3 is 10.6 Å². The van der Waals surface area contributed by atoms with Crippen molar-refractivity contribution in [1.82, 2.24) is 0 Å². The third kappa shape index (κ3) is 4.05. The Balaban J connectivity index is 1.96. The molecule has 2 rings (SSSR count). The lowest BCUT2D eigenvalue weighted by Crippen LogP contribution is -2.27. The van der Waals surface area contributed by atoms with Crippen LogP contribution in [-0.2, 0) is 4.79 Å². The van der Waals surface area contributed by atoms with E-state index in [0.29, 0.717) is 10.7 Å². The molecule has 0 heterocycles. The van der Waals surface area contributed by atoms with E-state index < -0.39 is 0 Å². The topological polar surface area (TPSA) is 41.1 Å². The monoisotopic (exact) mass is 290 g/mol. The first-order valence-electron chi connectivity index (χ1n) is 5.58. The van der Waals surface area contributed by atoms with Gasteiger partial charge in [0.1, 0.15) is 0 Å². The summed E-state index contributed by atoms with van der Waals surface area (Å²) in [5.74, 6) is -0.351. The van der Waals surface area contributed by atoms with E-state index in [4.69, 9.17) is 23.8 Å². The molecule has 0 aliphatic heterocycles. The van der Waals surface area contributed by atoms with E-state index >= 15 is 0 Å². The predicted molar refractivity (Wildman–Crippen MR) is 82.7 cm³/mol. The van der Waals surface area contributed by atoms with Gasteiger partial charge in [0.25, 0.3) is 5.91 Å². The molecule has 2 N–H and O–H groups in total. The van der Waals surface area contributed by atoms with Crippen molar-refractivity contribution < 1.29 is 4.79 Å². The van der Waals surface area contributed by atoms with Crippen LogP contribution in [0.3, 0.4) is 0 Å². The van der Waals surface area contributed by atoms with Gasteiger partial charge in [0.15, 0.2) is 4.99 Å². The molecular formula is C14H11ClN2OS. The van der Waals surface area contributed by atoms with Crippen molar-refractivity contribution in [1.29, 1.82) is 0 Å². The van der Waals surface area contributed by atoms with Gasteiger partial charge >= 0.3 is 0 Å². The van der Waals surface area contributed by atoms with E-state index in [-0.39, 0.29) is 10.9 Å². The number of carbonyl (C=O) groups excluding carboxylic acids is 1. The summed E-state index contributed by atoms with van der Waals surface area (Å²) in [6, 6.07) is 16.1. The first-order valence-corrected chi connectivity index (χ1v) is 6.37. The highest BCUT2D eigenvalue weighted by molar-refractivity contribution is 7.82. The maximum absolute atomic E-state index is 11.8. The Morgan fingerprint density at radius 3 is 2.11 bits per heavy atom. The normalized spacial score (nSPS) is 9.74. The Hall–Kier alpha value is -1.91. The summed E-state index contributed by atoms with van der Waals surface area (Å²) in [6.45, 7) is 0. The second-order valence-electron chi connectivity index (χ2n) is 3.78. The van der Waals surface area contributed by atoms with E-state index in [0.717, 1.165) is 5.69 Å². The van der Waals surface area contributed by atoms with E-state index in [9.17, 15) is 4.79 Å². The van der Waals surface area contributed by atoms with Crippen molar-refractivity contribution in [2.75, 3.05) is 10.6 Å². The molecule has 0 saturated carbocycles. The third-order valence-electron chi connectivity index (χ3n) is 2.34. The van der Waals surface area contributed by atoms with Crippen LogP contribution in [0.4, 0.5) is 11.4 Å². The standard InChI is InChI=1S/C14H11ClN2OS/c15-10-6-8-12(9-7-10)17-14(19)13(18)16-11-4-2-1-3-5-11/h1-9H,(H,16,18)(H,17,19). The minimum Gasteiger partial charge on any atom is -0.342 e. The summed E-state index contributed by atoms with van der Waals surface area (Å²) in [6.07, 6.45) is 0. The number of carbonyl (C=O) groups is 1. The molecule has 0 fully saturated rings. The van der Waals surface area contributed by atoms with Crippen molar-refractivity contribution in [2.45, 2.75) is 0 Å². The predicted octanol–water partition coefficient (Wildman–Crippen LogP) is 3.72. The van der Waals surface area contributed by atoms with Gasteiger partial charge in [0.05, 0.1) is 0 Å². The van der Waals surface area contributed by atoms with E-state index in [1.165, 1.54) is 0 Å². The molecule has 0 aliphatic carbocycles. The van der Waals surface area contributed by atoms with Crippen molar-refractivity contribution in [3.63, 3.8) is 0 Å². The lowest BCUT2D eigenvalue weighted by molar-refractivity contribution is -0.110. The van der Waals surface area contributed by atoms with E-state index in [2.05, 4.69) is 10.6 Å². The number of hydrogen-bond donors (Lipinski definition) is 2. The fraction of sp³-hybridized carbons (Fsp3) is 0. The lowest BCUT2D eigenvalue weighted by Gasteiger charge is -2.08. The van der Waals surface area contributed by atoms with Gasteiger partial charge in [-0.3, -0.25) is 4.79 Å². The van der Waals surface area contributed by atoms with Gasteiger partial charge in [0, 0.05) is 16.4 Å². The molecule has 2 aromatic carbocycles. The van der Waals surface area contributed by atoms with Crippen LogP contribution in [0.25, 0.3) is 0 Å². The fourth-order valence-corrected chi connectivity index (χ4v) is 1.73. The largest absolute Gasteiger partial charge is 0.342 e. The summed E-state index contributed by atoms with van der Waals surface area (Å²) in [7, 11) is 0. The molecular weight excluding hydrogens is 280 g/mol. The minimum absolute atomic E-state index is 0.103. The number of rotatable bonds is 2. The molecule has 0 spiro atoms. The number of nitrogens with one attached hydrogen (secondary N) is 2. The third-order valence-corrected chi connectivity index (χ3v) is 2.88. The van der Waals surface area contributed by atoms with Gasteiger partial charge in [-0.1, -0.05) is 42.0 Å². The Morgan fingerprint density at radius 2 is 1.47 bits per heavy atom. The quantitative estimate of drug-likeness (QED) is 0.828. The number of hydrogen-bond acceptors (Lipinski definition) is 2. The molecule has 96 valence electrons. The van der Waals surface area contributed by atoms with Crippen LogP contribution < -0.4 is 10.6 Å². The van der Waals surface area contributed by atoms with Crippen LogP contribution in [0.1, 0.15) is 0 Å². The molecule has 0 aliphatic rings. The maximum Gasteiger partial charge on any atom is 0.283 e. The molecule has 3 nitrogen and oxygen atoms in total. The highest BCUT2D eigenvalue weighted by atomic mass is 35.5. The van der Waals surface area contributed by atoms with Crippen LogP contribution in [0.5, 0.6) is 0 Å². The molecule has 0 saturated heterocycles. The zero-order valence-electron chi connectivity index (χ0n) is 9.89. The summed E-state index contributed by atoms with van der Waals surface area (Å²) in [5.41, 5.74) is 1.42. The molecule has 2 aromatic rings. The molecule has 19 heavy (non-hydrogen) atoms. The molecule has 0 unspecified atom stereocenters. The van der Waals surface area contributed by atoms with E-state index in [1.54, 1.807) is 36.4 Å². The Kier molecular flexibility index (Phi) is 4.49. The maximum atomic E-state index is 11.8. The molecule has 0 atom stereocenters. The summed E-state index contributed by atoms with van der Waals surface area (Å²) in [5, 5.41) is 6.18. The van der Waals surface area contributed by atoms with Crippen LogP contribution >= 0.6 is 23.8 Å². The zero-order chi connectivity index (χ0) is 13.7. The number of halogens is 1. The first-order chi connectivity index (χ1) is 9.15. The second kappa shape index (κ2) is 6.31. The highest BCUT2D eigenvalue weighted by Gasteiger charge is 2.09. The van der Waals surface area contributed by atoms with Crippen LogP contribution in [-0.4, -0.2) is 10.9 Å². The summed E-state index contributed by atoms with van der Waals surface area (Å²) < 4.78 is 0. The number of amides is 1. The molecule has 5 heteroatoms. The average Bonchev–Trinajstić information content (AvgIpc) is 2.42. The summed E-state index contributed by atoms with van der Waals surface area (Å²) >= 11 is 10.8. The zero-order valence-corrected chi connectivity index (χ0v) is 11.5. The molecule has 0 bridgehead atoms. The van der Waals surface area contributed by atoms with Crippen LogP contribution in [0.2, 0.25) is 5.02 Å². The van der Waals surface area contributed by atoms with Crippen LogP contribution in [0, 0.1) is 0 Å². The lowest BCUT2D eigenvalue weighted by atomic mass is 10.3. The van der Waals surface area contributed by atoms with Gasteiger partial charge in [-0.2, -0.15) is 0 Å². The highest BCUT2D eigenvalue weighted by Crippen LogP contribution is 2.13. The number of anilines is 2. The van der Waals surface area contributed by atoms with Crippen molar-refractivity contribution in [3.8, 4) is 0 Å². The molecule has 0 aromatic heterocycles. The van der Waals surface area contributed by atoms with Crippen molar-refractivity contribution >= 4 is 46.1 Å². The first kappa shape index (κ1) is 13.5. The Bertz CT molecular complexity index is 584.